The summed E-state index contributed by atoms with van der Waals surface area (Å²) in [5, 5.41) is 1.47. The first-order valence-corrected chi connectivity index (χ1v) is 8.36. The zero-order valence-electron chi connectivity index (χ0n) is 12.8. The molecule has 0 aliphatic heterocycles. The Morgan fingerprint density at radius 1 is 1.12 bits per heavy atom. The summed E-state index contributed by atoms with van der Waals surface area (Å²) < 4.78 is 5.68. The van der Waals surface area contributed by atoms with Gasteiger partial charge in [-0.1, -0.05) is 41.1 Å². The number of benzene rings is 2. The van der Waals surface area contributed by atoms with Crippen molar-refractivity contribution in [3.8, 4) is 5.75 Å². The van der Waals surface area contributed by atoms with Crippen molar-refractivity contribution in [2.75, 3.05) is 7.11 Å². The number of hydrogen-bond donors (Lipinski definition) is 0. The summed E-state index contributed by atoms with van der Waals surface area (Å²) in [7, 11) is 1.57. The molecule has 0 spiro atoms. The van der Waals surface area contributed by atoms with E-state index in [1.165, 1.54) is 6.08 Å². The van der Waals surface area contributed by atoms with Crippen molar-refractivity contribution in [3.05, 3.63) is 80.3 Å². The summed E-state index contributed by atoms with van der Waals surface area (Å²) in [5.74, 6) is 0.365. The number of allylic oxidation sites excluding steroid dienone is 1. The largest absolute Gasteiger partial charge is 0.497 e. The Morgan fingerprint density at radius 3 is 2.58 bits per heavy atom. The first kappa shape index (κ1) is 16.4. The summed E-state index contributed by atoms with van der Waals surface area (Å²) in [6.45, 7) is 0. The lowest BCUT2D eigenvalue weighted by Gasteiger charge is -2.02. The minimum Gasteiger partial charge on any atom is -0.497 e. The van der Waals surface area contributed by atoms with E-state index in [9.17, 15) is 9.59 Å². The summed E-state index contributed by atoms with van der Waals surface area (Å²) in [6.07, 6.45) is 3.07. The maximum absolute atomic E-state index is 12.3. The highest BCUT2D eigenvalue weighted by Gasteiger charge is 2.10. The topological polar surface area (TPSA) is 43.4 Å². The maximum Gasteiger partial charge on any atom is 0.244 e. The molecule has 0 amide bonds. The average Bonchev–Trinajstić information content (AvgIpc) is 2.59. The molecule has 0 aliphatic carbocycles. The van der Waals surface area contributed by atoms with Crippen LogP contribution in [0.25, 0.3) is 16.2 Å². The van der Waals surface area contributed by atoms with Gasteiger partial charge in [0.05, 0.1) is 12.7 Å². The van der Waals surface area contributed by atoms with E-state index in [0.29, 0.717) is 10.8 Å². The van der Waals surface area contributed by atoms with Crippen LogP contribution in [0.2, 0.25) is 5.02 Å². The van der Waals surface area contributed by atoms with Crippen molar-refractivity contribution >= 4 is 44.9 Å². The first-order valence-electron chi connectivity index (χ1n) is 7.17. The smallest absolute Gasteiger partial charge is 0.244 e. The van der Waals surface area contributed by atoms with Gasteiger partial charge in [0, 0.05) is 9.72 Å². The summed E-state index contributed by atoms with van der Waals surface area (Å²) >= 11 is 6.87. The Labute approximate surface area is 147 Å². The SMILES string of the molecule is COc1ccc2cc(C(=O)/C=C/c3ccc(Cl)cc3)c(=O)sc2c1. The van der Waals surface area contributed by atoms with Gasteiger partial charge in [0.25, 0.3) is 0 Å². The van der Waals surface area contributed by atoms with E-state index in [0.717, 1.165) is 27.0 Å². The Kier molecular flexibility index (Phi) is 4.79. The second-order valence-corrected chi connectivity index (χ2v) is 6.55. The predicted octanol–water partition coefficient (Wildman–Crippen LogP) is 4.82. The number of halogens is 1. The highest BCUT2D eigenvalue weighted by atomic mass is 35.5. The molecule has 0 aliphatic rings. The molecule has 0 N–H and O–H groups in total. The van der Waals surface area contributed by atoms with Crippen molar-refractivity contribution in [3.63, 3.8) is 0 Å². The highest BCUT2D eigenvalue weighted by molar-refractivity contribution is 7.16. The number of fused-ring (bicyclic) bond motifs is 1. The molecule has 0 saturated carbocycles. The zero-order valence-corrected chi connectivity index (χ0v) is 14.4. The first-order chi connectivity index (χ1) is 11.6. The standard InChI is InChI=1S/C19H13ClO3S/c1-23-15-8-5-13-10-16(19(22)24-18(13)11-15)17(21)9-4-12-2-6-14(20)7-3-12/h2-11H,1H3/b9-4+. The van der Waals surface area contributed by atoms with Crippen LogP contribution in [-0.4, -0.2) is 12.9 Å². The number of hydrogen-bond acceptors (Lipinski definition) is 4. The van der Waals surface area contributed by atoms with Crippen LogP contribution in [0.1, 0.15) is 15.9 Å². The fraction of sp³-hybridized carbons (Fsp3) is 0.0526. The Balaban J connectivity index is 1.93. The third kappa shape index (κ3) is 3.55. The monoisotopic (exact) mass is 356 g/mol. The summed E-state index contributed by atoms with van der Waals surface area (Å²) in [6, 6.07) is 14.2. The van der Waals surface area contributed by atoms with Gasteiger partial charge < -0.3 is 4.74 Å². The van der Waals surface area contributed by atoms with Crippen LogP contribution >= 0.6 is 22.9 Å². The molecule has 0 bridgehead atoms. The number of ketones is 1. The average molecular weight is 357 g/mol. The van der Waals surface area contributed by atoms with Crippen molar-refractivity contribution in [1.29, 1.82) is 0 Å². The van der Waals surface area contributed by atoms with Crippen molar-refractivity contribution in [1.82, 2.24) is 0 Å². The molecule has 24 heavy (non-hydrogen) atoms. The number of carbonyl (C=O) groups excluding carboxylic acids is 1. The Morgan fingerprint density at radius 2 is 1.88 bits per heavy atom. The molecule has 5 heteroatoms. The van der Waals surface area contributed by atoms with Crippen molar-refractivity contribution in [2.24, 2.45) is 0 Å². The highest BCUT2D eigenvalue weighted by Crippen LogP contribution is 2.23. The molecule has 1 heterocycles. The second-order valence-electron chi connectivity index (χ2n) is 5.10. The van der Waals surface area contributed by atoms with Gasteiger partial charge in [-0.15, -0.1) is 0 Å². The number of carbonyl (C=O) groups is 1. The number of ether oxygens (including phenoxy) is 1. The third-order valence-corrected chi connectivity index (χ3v) is 4.74. The van der Waals surface area contributed by atoms with Gasteiger partial charge in [-0.25, -0.2) is 0 Å². The molecule has 0 radical (unpaired) electrons. The van der Waals surface area contributed by atoms with Crippen LogP contribution in [0.4, 0.5) is 0 Å². The number of methoxy groups -OCH3 is 1. The molecule has 0 fully saturated rings. The van der Waals surface area contributed by atoms with Crippen LogP contribution in [-0.2, 0) is 0 Å². The van der Waals surface area contributed by atoms with Crippen LogP contribution in [0.15, 0.2) is 59.4 Å². The van der Waals surface area contributed by atoms with Crippen LogP contribution in [0.5, 0.6) is 5.75 Å². The minimum atomic E-state index is -0.316. The fourth-order valence-electron chi connectivity index (χ4n) is 2.23. The van der Waals surface area contributed by atoms with Gasteiger partial charge >= 0.3 is 0 Å². The van der Waals surface area contributed by atoms with Gasteiger partial charge in [-0.2, -0.15) is 0 Å². The molecule has 1 aromatic heterocycles. The third-order valence-electron chi connectivity index (χ3n) is 3.51. The molecule has 120 valence electrons. The lowest BCUT2D eigenvalue weighted by molar-refractivity contribution is 0.104. The number of rotatable bonds is 4. The van der Waals surface area contributed by atoms with Crippen LogP contribution in [0, 0.1) is 0 Å². The molecular weight excluding hydrogens is 344 g/mol. The molecule has 3 rings (SSSR count). The quantitative estimate of drug-likeness (QED) is 0.497. The summed E-state index contributed by atoms with van der Waals surface area (Å²) in [5.41, 5.74) is 1.01. The molecular formula is C19H13ClO3S. The van der Waals surface area contributed by atoms with Crippen molar-refractivity contribution < 1.29 is 9.53 Å². The Hall–Kier alpha value is -2.43. The zero-order chi connectivity index (χ0) is 17.1. The van der Waals surface area contributed by atoms with E-state index >= 15 is 0 Å². The maximum atomic E-state index is 12.3. The molecule has 3 aromatic rings. The molecule has 3 nitrogen and oxygen atoms in total. The lowest BCUT2D eigenvalue weighted by Crippen LogP contribution is -2.09. The van der Waals surface area contributed by atoms with Gasteiger partial charge in [-0.3, -0.25) is 9.59 Å². The van der Waals surface area contributed by atoms with E-state index in [1.54, 1.807) is 55.7 Å². The predicted molar refractivity (Wildman–Crippen MR) is 99.5 cm³/mol. The minimum absolute atomic E-state index is 0.169. The van der Waals surface area contributed by atoms with Crippen LogP contribution in [0.3, 0.4) is 0 Å². The van der Waals surface area contributed by atoms with E-state index in [-0.39, 0.29) is 16.1 Å². The normalized spacial score (nSPS) is 11.1. The van der Waals surface area contributed by atoms with E-state index in [2.05, 4.69) is 0 Å². The van der Waals surface area contributed by atoms with Gasteiger partial charge in [-0.05, 0) is 53.4 Å². The molecule has 0 unspecified atom stereocenters. The Bertz CT molecular complexity index is 988. The second kappa shape index (κ2) is 6.99. The van der Waals surface area contributed by atoms with E-state index < -0.39 is 0 Å². The van der Waals surface area contributed by atoms with Crippen LogP contribution < -0.4 is 9.48 Å². The van der Waals surface area contributed by atoms with Gasteiger partial charge in [0.1, 0.15) is 5.75 Å². The van der Waals surface area contributed by atoms with E-state index in [1.807, 2.05) is 6.07 Å². The lowest BCUT2D eigenvalue weighted by atomic mass is 10.1. The van der Waals surface area contributed by atoms with E-state index in [4.69, 9.17) is 16.3 Å². The summed E-state index contributed by atoms with van der Waals surface area (Å²) in [4.78, 5) is 24.6. The van der Waals surface area contributed by atoms with Gasteiger partial charge in [0.15, 0.2) is 5.78 Å². The molecule has 0 atom stereocenters. The molecule has 0 saturated heterocycles. The molecule has 2 aromatic carbocycles. The van der Waals surface area contributed by atoms with Crippen molar-refractivity contribution in [2.45, 2.75) is 0 Å². The fourth-order valence-corrected chi connectivity index (χ4v) is 3.24. The van der Waals surface area contributed by atoms with Gasteiger partial charge in [0.2, 0.25) is 4.74 Å².